The highest BCUT2D eigenvalue weighted by Gasteiger charge is 2.31. The van der Waals surface area contributed by atoms with E-state index in [1.165, 1.54) is 6.07 Å². The summed E-state index contributed by atoms with van der Waals surface area (Å²) < 4.78 is 32.2. The third-order valence-corrected chi connectivity index (χ3v) is 6.00. The molecule has 0 aliphatic carbocycles. The molecule has 1 aromatic heterocycles. The first-order valence-electron chi connectivity index (χ1n) is 6.32. The van der Waals surface area contributed by atoms with Gasteiger partial charge in [0, 0.05) is 11.3 Å². The molecular weight excluding hydrogens is 284 g/mol. The number of rotatable bonds is 6. The quantitative estimate of drug-likeness (QED) is 0.834. The Balaban J connectivity index is 2.01. The molecule has 0 spiro atoms. The van der Waals surface area contributed by atoms with E-state index in [0.717, 1.165) is 18.6 Å². The lowest BCUT2D eigenvalue weighted by atomic mass is 10.1. The van der Waals surface area contributed by atoms with Crippen molar-refractivity contribution in [1.29, 1.82) is 0 Å². The molecule has 19 heavy (non-hydrogen) atoms. The van der Waals surface area contributed by atoms with Crippen molar-refractivity contribution in [3.8, 4) is 0 Å². The number of sulfonamides is 1. The standard InChI is InChI=1S/C12H20N2O3S2/c1-12(6-3-7-18-12)9-14-19(15,16)11-5-4-10(17-11)8-13-2/h4-5,13-14H,3,6-9H2,1-2H3. The summed E-state index contributed by atoms with van der Waals surface area (Å²) in [6.45, 7) is 3.06. The summed E-state index contributed by atoms with van der Waals surface area (Å²) in [6, 6.07) is 3.18. The highest BCUT2D eigenvalue weighted by molar-refractivity contribution is 8.01. The number of hydrogen-bond acceptors (Lipinski definition) is 5. The van der Waals surface area contributed by atoms with Crippen LogP contribution in [0.25, 0.3) is 0 Å². The van der Waals surface area contributed by atoms with Gasteiger partial charge in [0.1, 0.15) is 5.76 Å². The van der Waals surface area contributed by atoms with Crippen molar-refractivity contribution in [3.63, 3.8) is 0 Å². The first kappa shape index (κ1) is 14.9. The van der Waals surface area contributed by atoms with E-state index >= 15 is 0 Å². The SMILES string of the molecule is CNCc1ccc(S(=O)(=O)NCC2(C)CCCS2)o1. The van der Waals surface area contributed by atoms with Gasteiger partial charge in [-0.05, 0) is 44.7 Å². The van der Waals surface area contributed by atoms with E-state index in [0.29, 0.717) is 18.8 Å². The Morgan fingerprint density at radius 3 is 2.89 bits per heavy atom. The van der Waals surface area contributed by atoms with Crippen LogP contribution in [0.2, 0.25) is 0 Å². The van der Waals surface area contributed by atoms with Gasteiger partial charge in [0.2, 0.25) is 5.09 Å². The molecule has 1 saturated heterocycles. The minimum absolute atomic E-state index is 0.00741. The van der Waals surface area contributed by atoms with Gasteiger partial charge in [-0.15, -0.1) is 0 Å². The zero-order valence-electron chi connectivity index (χ0n) is 11.2. The minimum atomic E-state index is -3.54. The van der Waals surface area contributed by atoms with Crippen molar-refractivity contribution in [1.82, 2.24) is 10.0 Å². The predicted octanol–water partition coefficient (Wildman–Crippen LogP) is 1.56. The van der Waals surface area contributed by atoms with Crippen molar-refractivity contribution in [2.24, 2.45) is 0 Å². The van der Waals surface area contributed by atoms with Crippen LogP contribution in [0.1, 0.15) is 25.5 Å². The zero-order chi connectivity index (χ0) is 13.9. The highest BCUT2D eigenvalue weighted by Crippen LogP contribution is 2.37. The molecule has 0 aromatic carbocycles. The molecule has 0 bridgehead atoms. The van der Waals surface area contributed by atoms with Crippen LogP contribution in [-0.4, -0.2) is 32.5 Å². The van der Waals surface area contributed by atoms with E-state index in [4.69, 9.17) is 4.42 Å². The van der Waals surface area contributed by atoms with Crippen LogP contribution in [0.4, 0.5) is 0 Å². The molecule has 1 aliphatic rings. The molecule has 1 fully saturated rings. The van der Waals surface area contributed by atoms with Gasteiger partial charge in [-0.1, -0.05) is 0 Å². The molecule has 5 nitrogen and oxygen atoms in total. The Bertz CT molecular complexity index is 519. The van der Waals surface area contributed by atoms with Crippen LogP contribution < -0.4 is 10.0 Å². The third-order valence-electron chi connectivity index (χ3n) is 3.19. The number of hydrogen-bond donors (Lipinski definition) is 2. The topological polar surface area (TPSA) is 71.3 Å². The van der Waals surface area contributed by atoms with Crippen LogP contribution in [-0.2, 0) is 16.6 Å². The zero-order valence-corrected chi connectivity index (χ0v) is 12.9. The molecule has 108 valence electrons. The van der Waals surface area contributed by atoms with Crippen LogP contribution >= 0.6 is 11.8 Å². The molecule has 2 N–H and O–H groups in total. The Hall–Kier alpha value is -0.500. The summed E-state index contributed by atoms with van der Waals surface area (Å²) in [5.41, 5.74) is 0. The molecule has 1 aliphatic heterocycles. The van der Waals surface area contributed by atoms with Gasteiger partial charge in [0.25, 0.3) is 10.0 Å². The summed E-state index contributed by atoms with van der Waals surface area (Å²) >= 11 is 1.83. The summed E-state index contributed by atoms with van der Waals surface area (Å²) in [6.07, 6.45) is 2.19. The maximum absolute atomic E-state index is 12.1. The van der Waals surface area contributed by atoms with Crippen LogP contribution in [0.5, 0.6) is 0 Å². The van der Waals surface area contributed by atoms with Gasteiger partial charge >= 0.3 is 0 Å². The van der Waals surface area contributed by atoms with Crippen LogP contribution in [0, 0.1) is 0 Å². The third kappa shape index (κ3) is 3.75. The molecule has 0 amide bonds. The van der Waals surface area contributed by atoms with Crippen LogP contribution in [0.3, 0.4) is 0 Å². The molecule has 1 atom stereocenters. The average molecular weight is 304 g/mol. The maximum atomic E-state index is 12.1. The molecular formula is C12H20N2O3S2. The Kier molecular flexibility index (Phi) is 4.60. The van der Waals surface area contributed by atoms with Gasteiger partial charge in [-0.25, -0.2) is 13.1 Å². The van der Waals surface area contributed by atoms with Gasteiger partial charge in [0.15, 0.2) is 0 Å². The maximum Gasteiger partial charge on any atom is 0.274 e. The van der Waals surface area contributed by atoms with Gasteiger partial charge < -0.3 is 9.73 Å². The molecule has 2 rings (SSSR count). The number of nitrogens with one attached hydrogen (secondary N) is 2. The number of furan rings is 1. The molecule has 7 heteroatoms. The normalized spacial score (nSPS) is 23.9. The lowest BCUT2D eigenvalue weighted by molar-refractivity contribution is 0.403. The highest BCUT2D eigenvalue weighted by atomic mass is 32.2. The minimum Gasteiger partial charge on any atom is -0.447 e. The van der Waals surface area contributed by atoms with E-state index in [1.54, 1.807) is 13.1 Å². The van der Waals surface area contributed by atoms with E-state index in [1.807, 2.05) is 11.8 Å². The number of thioether (sulfide) groups is 1. The summed E-state index contributed by atoms with van der Waals surface area (Å²) in [7, 11) is -1.76. The second-order valence-electron chi connectivity index (χ2n) is 4.98. The Morgan fingerprint density at radius 2 is 2.26 bits per heavy atom. The largest absolute Gasteiger partial charge is 0.447 e. The first-order valence-corrected chi connectivity index (χ1v) is 8.79. The molecule has 2 heterocycles. The monoisotopic (exact) mass is 304 g/mol. The Morgan fingerprint density at radius 1 is 1.47 bits per heavy atom. The fraction of sp³-hybridized carbons (Fsp3) is 0.667. The van der Waals surface area contributed by atoms with Gasteiger partial charge in [0.05, 0.1) is 6.54 Å². The lowest BCUT2D eigenvalue weighted by Gasteiger charge is -2.22. The van der Waals surface area contributed by atoms with Crippen molar-refractivity contribution in [2.45, 2.75) is 36.1 Å². The summed E-state index contributed by atoms with van der Waals surface area (Å²) in [4.78, 5) is 0. The van der Waals surface area contributed by atoms with Gasteiger partial charge in [-0.3, -0.25) is 0 Å². The first-order chi connectivity index (χ1) is 8.95. The van der Waals surface area contributed by atoms with Gasteiger partial charge in [-0.2, -0.15) is 11.8 Å². The Labute approximate surface area is 118 Å². The van der Waals surface area contributed by atoms with Crippen molar-refractivity contribution >= 4 is 21.8 Å². The van der Waals surface area contributed by atoms with Crippen LogP contribution in [0.15, 0.2) is 21.6 Å². The predicted molar refractivity (Wildman–Crippen MR) is 76.8 cm³/mol. The van der Waals surface area contributed by atoms with Crippen molar-refractivity contribution < 1.29 is 12.8 Å². The van der Waals surface area contributed by atoms with E-state index in [-0.39, 0.29) is 9.84 Å². The van der Waals surface area contributed by atoms with Crippen molar-refractivity contribution in [2.75, 3.05) is 19.3 Å². The second-order valence-corrected chi connectivity index (χ2v) is 8.36. The fourth-order valence-electron chi connectivity index (χ4n) is 2.07. The fourth-order valence-corrected chi connectivity index (χ4v) is 4.52. The second kappa shape index (κ2) is 5.87. The van der Waals surface area contributed by atoms with E-state index < -0.39 is 10.0 Å². The van der Waals surface area contributed by atoms with Crippen molar-refractivity contribution in [3.05, 3.63) is 17.9 Å². The molecule has 1 aromatic rings. The average Bonchev–Trinajstić information content (AvgIpc) is 2.98. The molecule has 0 radical (unpaired) electrons. The smallest absolute Gasteiger partial charge is 0.274 e. The van der Waals surface area contributed by atoms with E-state index in [2.05, 4.69) is 17.0 Å². The molecule has 0 saturated carbocycles. The molecule has 1 unspecified atom stereocenters. The van der Waals surface area contributed by atoms with E-state index in [9.17, 15) is 8.42 Å². The summed E-state index contributed by atoms with van der Waals surface area (Å²) in [5.74, 6) is 1.72. The lowest BCUT2D eigenvalue weighted by Crippen LogP contribution is -2.36. The summed E-state index contributed by atoms with van der Waals surface area (Å²) in [5, 5.41) is 2.91.